The number of rotatable bonds is 6. The van der Waals surface area contributed by atoms with Crippen molar-refractivity contribution >= 4 is 17.6 Å². The summed E-state index contributed by atoms with van der Waals surface area (Å²) >= 11 is 0. The number of H-pyrrole nitrogens is 1. The van der Waals surface area contributed by atoms with Crippen LogP contribution in [0.2, 0.25) is 0 Å². The van der Waals surface area contributed by atoms with E-state index in [-0.39, 0.29) is 30.6 Å². The van der Waals surface area contributed by atoms with E-state index in [0.717, 1.165) is 12.1 Å². The van der Waals surface area contributed by atoms with Crippen LogP contribution in [0.4, 0.5) is 14.6 Å². The predicted molar refractivity (Wildman–Crippen MR) is 95.7 cm³/mol. The van der Waals surface area contributed by atoms with Crippen LogP contribution in [0.25, 0.3) is 0 Å². The Morgan fingerprint density at radius 3 is 2.59 bits per heavy atom. The lowest BCUT2D eigenvalue weighted by molar-refractivity contribution is -0.389. The lowest BCUT2D eigenvalue weighted by atomic mass is 9.87. The number of piperidine rings is 1. The number of hydrogen-bond acceptors (Lipinski definition) is 6. The molecule has 0 aliphatic carbocycles. The zero-order valence-electron chi connectivity index (χ0n) is 15.1. The van der Waals surface area contributed by atoms with E-state index in [1.165, 1.54) is 6.07 Å². The van der Waals surface area contributed by atoms with E-state index >= 15 is 0 Å². The molecule has 2 heterocycles. The second kappa shape index (κ2) is 8.31. The predicted octanol–water partition coefficient (Wildman–Crippen LogP) is 0.764. The van der Waals surface area contributed by atoms with Gasteiger partial charge in [-0.15, -0.1) is 5.10 Å². The molecule has 1 aliphatic rings. The molecule has 0 bridgehead atoms. The van der Waals surface area contributed by atoms with E-state index in [1.54, 1.807) is 0 Å². The third kappa shape index (κ3) is 4.54. The van der Waals surface area contributed by atoms with Crippen LogP contribution in [-0.2, 0) is 11.3 Å². The van der Waals surface area contributed by atoms with Gasteiger partial charge in [0, 0.05) is 18.2 Å². The van der Waals surface area contributed by atoms with Gasteiger partial charge in [-0.2, -0.15) is 0 Å². The zero-order chi connectivity index (χ0) is 21.0. The summed E-state index contributed by atoms with van der Waals surface area (Å²) in [5, 5.41) is 24.7. The summed E-state index contributed by atoms with van der Waals surface area (Å²) in [7, 11) is 0. The lowest BCUT2D eigenvalue weighted by Gasteiger charge is -2.36. The van der Waals surface area contributed by atoms with Gasteiger partial charge in [0.25, 0.3) is 5.91 Å². The van der Waals surface area contributed by atoms with Gasteiger partial charge in [-0.25, -0.2) is 8.78 Å². The summed E-state index contributed by atoms with van der Waals surface area (Å²) in [6, 6.07) is 3.99. The van der Waals surface area contributed by atoms with Gasteiger partial charge >= 0.3 is 5.82 Å². The summed E-state index contributed by atoms with van der Waals surface area (Å²) in [4.78, 5) is 35.4. The molecule has 154 valence electrons. The Balaban J connectivity index is 1.73. The van der Waals surface area contributed by atoms with E-state index < -0.39 is 39.7 Å². The first-order valence-electron chi connectivity index (χ1n) is 8.76. The molecule has 2 aromatic rings. The number of nitro groups is 1. The Morgan fingerprint density at radius 1 is 1.24 bits per heavy atom. The van der Waals surface area contributed by atoms with Crippen molar-refractivity contribution in [1.82, 2.24) is 26.1 Å². The van der Waals surface area contributed by atoms with Crippen LogP contribution >= 0.6 is 0 Å². The molecule has 1 aromatic carbocycles. The van der Waals surface area contributed by atoms with E-state index in [4.69, 9.17) is 0 Å². The third-order valence-corrected chi connectivity index (χ3v) is 4.69. The van der Waals surface area contributed by atoms with E-state index in [0.29, 0.717) is 19.2 Å². The number of carbonyl (C=O) groups is 2. The maximum atomic E-state index is 13.8. The number of benzene rings is 1. The highest BCUT2D eigenvalue weighted by atomic mass is 19.1. The minimum Gasteiger partial charge on any atom is -0.358 e. The quantitative estimate of drug-likeness (QED) is 0.411. The number of aromatic nitrogens is 2. The average molecular weight is 408 g/mol. The topological polar surface area (TPSA) is 142 Å². The van der Waals surface area contributed by atoms with E-state index in [1.807, 2.05) is 0 Å². The second-order valence-electron chi connectivity index (χ2n) is 6.60. The minimum atomic E-state index is -1.30. The summed E-state index contributed by atoms with van der Waals surface area (Å²) in [6.07, 6.45) is 0.506. The Kier molecular flexibility index (Phi) is 5.82. The molecule has 0 saturated carbocycles. The second-order valence-corrected chi connectivity index (χ2v) is 6.60. The number of nitrogens with one attached hydrogen (secondary N) is 4. The number of hydrogen-bond donors (Lipinski definition) is 4. The van der Waals surface area contributed by atoms with Crippen LogP contribution in [0.5, 0.6) is 0 Å². The fourth-order valence-electron chi connectivity index (χ4n) is 3.07. The fourth-order valence-corrected chi connectivity index (χ4v) is 3.07. The molecule has 12 heteroatoms. The molecular formula is C17H18F2N6O4. The van der Waals surface area contributed by atoms with Crippen molar-refractivity contribution in [2.75, 3.05) is 13.1 Å². The maximum Gasteiger partial charge on any atom is 0.343 e. The molecule has 0 radical (unpaired) electrons. The molecule has 0 spiro atoms. The largest absolute Gasteiger partial charge is 0.358 e. The van der Waals surface area contributed by atoms with Crippen LogP contribution in [0, 0.1) is 21.7 Å². The number of carbonyl (C=O) groups excluding carboxylic acids is 2. The first kappa shape index (κ1) is 20.3. The molecular weight excluding hydrogens is 390 g/mol. The number of amides is 2. The van der Waals surface area contributed by atoms with Gasteiger partial charge in [-0.3, -0.25) is 9.59 Å². The van der Waals surface area contributed by atoms with Gasteiger partial charge in [-0.05, 0) is 36.9 Å². The fraction of sp³-hybridized carbons (Fsp3) is 0.353. The van der Waals surface area contributed by atoms with Crippen LogP contribution in [0.15, 0.2) is 24.3 Å². The smallest absolute Gasteiger partial charge is 0.343 e. The molecule has 0 atom stereocenters. The van der Waals surface area contributed by atoms with E-state index in [2.05, 4.69) is 26.1 Å². The molecule has 2 amide bonds. The molecule has 3 rings (SSSR count). The van der Waals surface area contributed by atoms with Crippen molar-refractivity contribution < 1.29 is 23.3 Å². The molecule has 10 nitrogen and oxygen atoms in total. The summed E-state index contributed by atoms with van der Waals surface area (Å²) in [5.41, 5.74) is -1.43. The first-order chi connectivity index (χ1) is 13.8. The van der Waals surface area contributed by atoms with Crippen LogP contribution < -0.4 is 16.0 Å². The summed E-state index contributed by atoms with van der Waals surface area (Å²) in [5.74, 6) is -3.27. The van der Waals surface area contributed by atoms with E-state index in [9.17, 15) is 28.5 Å². The highest BCUT2D eigenvalue weighted by Crippen LogP contribution is 2.21. The van der Waals surface area contributed by atoms with Crippen molar-refractivity contribution in [1.29, 1.82) is 0 Å². The molecule has 29 heavy (non-hydrogen) atoms. The van der Waals surface area contributed by atoms with Crippen LogP contribution in [0.1, 0.15) is 28.9 Å². The van der Waals surface area contributed by atoms with Gasteiger partial charge in [0.05, 0.1) is 6.07 Å². The third-order valence-electron chi connectivity index (χ3n) is 4.69. The average Bonchev–Trinajstić information content (AvgIpc) is 3.18. The van der Waals surface area contributed by atoms with Gasteiger partial charge in [0.2, 0.25) is 5.91 Å². The number of nitrogens with zero attached hydrogens (tertiary/aromatic N) is 2. The molecule has 1 fully saturated rings. The number of halogens is 2. The van der Waals surface area contributed by atoms with Crippen LogP contribution in [0.3, 0.4) is 0 Å². The van der Waals surface area contributed by atoms with Gasteiger partial charge in [-0.1, -0.05) is 11.2 Å². The van der Waals surface area contributed by atoms with Crippen molar-refractivity contribution in [3.05, 3.63) is 57.3 Å². The Labute approximate surface area is 163 Å². The zero-order valence-corrected chi connectivity index (χ0v) is 15.1. The normalized spacial score (nSPS) is 15.5. The Hall–Kier alpha value is -3.41. The Morgan fingerprint density at radius 2 is 1.97 bits per heavy atom. The highest BCUT2D eigenvalue weighted by molar-refractivity contribution is 5.98. The first-order valence-corrected chi connectivity index (χ1v) is 8.76. The Bertz CT molecular complexity index is 942. The molecule has 1 aliphatic heterocycles. The minimum absolute atomic E-state index is 0.0955. The number of aromatic amines is 1. The van der Waals surface area contributed by atoms with Crippen molar-refractivity contribution in [3.8, 4) is 0 Å². The lowest BCUT2D eigenvalue weighted by Crippen LogP contribution is -2.62. The van der Waals surface area contributed by atoms with Gasteiger partial charge in [0.15, 0.2) is 5.69 Å². The molecule has 1 aromatic heterocycles. The monoisotopic (exact) mass is 408 g/mol. The van der Waals surface area contributed by atoms with Crippen molar-refractivity contribution in [3.63, 3.8) is 0 Å². The molecule has 1 saturated heterocycles. The molecule has 4 N–H and O–H groups in total. The van der Waals surface area contributed by atoms with Crippen LogP contribution in [-0.4, -0.2) is 45.6 Å². The standard InChI is InChI=1S/C17H18F2N6O4/c18-11-2-1-10(12(19)7-11)9-21-16(27)17(3-5-20-6-4-17)22-15(26)13-8-14(24-23-13)25(28)29/h1-2,7-8,20H,3-6,9H2,(H,21,27)(H,22,26)(H,23,24). The summed E-state index contributed by atoms with van der Waals surface area (Å²) in [6.45, 7) is 0.697. The van der Waals surface area contributed by atoms with Crippen molar-refractivity contribution in [2.45, 2.75) is 24.9 Å². The van der Waals surface area contributed by atoms with Gasteiger partial charge in [0.1, 0.15) is 17.2 Å². The SMILES string of the molecule is O=C(NC1(C(=O)NCc2ccc(F)cc2F)CCNCC1)c1cc([N+](=O)[O-])[nH]n1. The molecule has 0 unspecified atom stereocenters. The maximum absolute atomic E-state index is 13.8. The highest BCUT2D eigenvalue weighted by Gasteiger charge is 2.41. The van der Waals surface area contributed by atoms with Gasteiger partial charge < -0.3 is 26.1 Å². The summed E-state index contributed by atoms with van der Waals surface area (Å²) < 4.78 is 26.8. The van der Waals surface area contributed by atoms with Crippen molar-refractivity contribution in [2.24, 2.45) is 0 Å².